The van der Waals surface area contributed by atoms with Crippen LogP contribution in [0.3, 0.4) is 0 Å². The van der Waals surface area contributed by atoms with Crippen molar-refractivity contribution >= 4 is 17.3 Å². The number of aromatic nitrogens is 5. The van der Waals surface area contributed by atoms with E-state index in [1.807, 2.05) is 36.7 Å². The maximum absolute atomic E-state index is 12.7. The molecule has 1 aliphatic heterocycles. The molecule has 8 heteroatoms. The molecule has 1 aromatic carbocycles. The summed E-state index contributed by atoms with van der Waals surface area (Å²) in [6.07, 6.45) is 7.98. The number of piperidine rings is 1. The Hall–Kier alpha value is -2.67. The van der Waals surface area contributed by atoms with Crippen molar-refractivity contribution in [2.45, 2.75) is 44.2 Å². The van der Waals surface area contributed by atoms with Gasteiger partial charge in [0.25, 0.3) is 5.56 Å². The summed E-state index contributed by atoms with van der Waals surface area (Å²) < 4.78 is 3.67. The molecule has 0 atom stereocenters. The average Bonchev–Trinajstić information content (AvgIpc) is 3.49. The van der Waals surface area contributed by atoms with Crippen molar-refractivity contribution in [2.24, 2.45) is 0 Å². The zero-order valence-corrected chi connectivity index (χ0v) is 16.9. The smallest absolute Gasteiger partial charge is 0.287 e. The van der Waals surface area contributed by atoms with Crippen molar-refractivity contribution in [3.8, 4) is 0 Å². The van der Waals surface area contributed by atoms with Gasteiger partial charge in [0.05, 0.1) is 18.4 Å². The van der Waals surface area contributed by atoms with E-state index in [9.17, 15) is 4.79 Å². The van der Waals surface area contributed by atoms with Crippen LogP contribution in [0.1, 0.15) is 49.0 Å². The standard InChI is InChI=1S/C21H23ClN6O/c22-19-18(12-24-28(21(19)29)13-15-4-2-1-3-5-15)26-10-8-16(9-11-26)20-25-23-14-27(20)17-6-7-17/h1-5,12,14,16-17H,6-11,13H2. The number of halogens is 1. The van der Waals surface area contributed by atoms with Gasteiger partial charge >= 0.3 is 0 Å². The van der Waals surface area contributed by atoms with Crippen LogP contribution in [0, 0.1) is 0 Å². The molecule has 3 heterocycles. The molecule has 7 nitrogen and oxygen atoms in total. The first-order chi connectivity index (χ1) is 14.2. The van der Waals surface area contributed by atoms with Crippen molar-refractivity contribution in [3.05, 3.63) is 69.6 Å². The third kappa shape index (κ3) is 3.67. The molecule has 2 aromatic heterocycles. The number of rotatable bonds is 5. The summed E-state index contributed by atoms with van der Waals surface area (Å²) in [5.41, 5.74) is 1.50. The lowest BCUT2D eigenvalue weighted by atomic mass is 9.95. The average molecular weight is 411 g/mol. The van der Waals surface area contributed by atoms with Gasteiger partial charge in [-0.25, -0.2) is 4.68 Å². The van der Waals surface area contributed by atoms with Crippen LogP contribution in [-0.2, 0) is 6.54 Å². The molecule has 2 fully saturated rings. The molecule has 5 rings (SSSR count). The Labute approximate surface area is 173 Å². The van der Waals surface area contributed by atoms with Crippen LogP contribution in [-0.4, -0.2) is 37.6 Å². The van der Waals surface area contributed by atoms with Gasteiger partial charge in [0.2, 0.25) is 0 Å². The number of nitrogens with zero attached hydrogens (tertiary/aromatic N) is 6. The fraction of sp³-hybridized carbons (Fsp3) is 0.429. The lowest BCUT2D eigenvalue weighted by Crippen LogP contribution is -2.36. The highest BCUT2D eigenvalue weighted by atomic mass is 35.5. The minimum absolute atomic E-state index is 0.246. The highest BCUT2D eigenvalue weighted by Gasteiger charge is 2.31. The Morgan fingerprint density at radius 3 is 2.55 bits per heavy atom. The molecule has 0 spiro atoms. The number of benzene rings is 1. The van der Waals surface area contributed by atoms with Crippen LogP contribution in [0.2, 0.25) is 5.02 Å². The fourth-order valence-electron chi connectivity index (χ4n) is 4.10. The molecule has 0 unspecified atom stereocenters. The quantitative estimate of drug-likeness (QED) is 0.645. The predicted octanol–water partition coefficient (Wildman–Crippen LogP) is 3.26. The van der Waals surface area contributed by atoms with Gasteiger partial charge in [-0.05, 0) is 31.2 Å². The van der Waals surface area contributed by atoms with Crippen LogP contribution in [0.25, 0.3) is 0 Å². The molecule has 0 N–H and O–H groups in total. The third-order valence-electron chi connectivity index (χ3n) is 5.88. The first-order valence-corrected chi connectivity index (χ1v) is 10.5. The molecule has 3 aromatic rings. The van der Waals surface area contributed by atoms with E-state index >= 15 is 0 Å². The topological polar surface area (TPSA) is 68.8 Å². The van der Waals surface area contributed by atoms with Gasteiger partial charge in [0.15, 0.2) is 0 Å². The van der Waals surface area contributed by atoms with Gasteiger partial charge in [-0.1, -0.05) is 41.9 Å². The molecule has 1 saturated heterocycles. The van der Waals surface area contributed by atoms with Crippen molar-refractivity contribution < 1.29 is 0 Å². The van der Waals surface area contributed by atoms with E-state index in [2.05, 4.69) is 24.8 Å². The normalized spacial score (nSPS) is 17.6. The molecule has 0 amide bonds. The maximum Gasteiger partial charge on any atom is 0.287 e. The maximum atomic E-state index is 12.7. The summed E-state index contributed by atoms with van der Waals surface area (Å²) in [6, 6.07) is 10.4. The SMILES string of the molecule is O=c1c(Cl)c(N2CCC(c3nncn3C3CC3)CC2)cnn1Cc1ccccc1. The molecular formula is C21H23ClN6O. The second-order valence-electron chi connectivity index (χ2n) is 7.88. The number of anilines is 1. The summed E-state index contributed by atoms with van der Waals surface area (Å²) in [7, 11) is 0. The zero-order chi connectivity index (χ0) is 19.8. The molecule has 1 saturated carbocycles. The summed E-state index contributed by atoms with van der Waals surface area (Å²) >= 11 is 6.47. The Kier molecular flexibility index (Phi) is 4.83. The molecule has 2 aliphatic rings. The molecule has 29 heavy (non-hydrogen) atoms. The van der Waals surface area contributed by atoms with Crippen molar-refractivity contribution in [2.75, 3.05) is 18.0 Å². The molecule has 1 aliphatic carbocycles. The zero-order valence-electron chi connectivity index (χ0n) is 16.1. The Balaban J connectivity index is 1.30. The van der Waals surface area contributed by atoms with Crippen LogP contribution < -0.4 is 10.5 Å². The third-order valence-corrected chi connectivity index (χ3v) is 6.24. The minimum Gasteiger partial charge on any atom is -0.369 e. The van der Waals surface area contributed by atoms with Gasteiger partial charge in [-0.15, -0.1) is 10.2 Å². The van der Waals surface area contributed by atoms with Crippen LogP contribution in [0.4, 0.5) is 5.69 Å². The number of hydrogen-bond acceptors (Lipinski definition) is 5. The van der Waals surface area contributed by atoms with E-state index < -0.39 is 0 Å². The van der Waals surface area contributed by atoms with E-state index in [4.69, 9.17) is 11.6 Å². The number of hydrogen-bond donors (Lipinski definition) is 0. The van der Waals surface area contributed by atoms with Gasteiger partial charge in [0.1, 0.15) is 17.2 Å². The highest BCUT2D eigenvalue weighted by Crippen LogP contribution is 2.39. The first kappa shape index (κ1) is 18.4. The lowest BCUT2D eigenvalue weighted by molar-refractivity contribution is 0.464. The molecule has 0 bridgehead atoms. The van der Waals surface area contributed by atoms with Crippen molar-refractivity contribution in [1.82, 2.24) is 24.5 Å². The van der Waals surface area contributed by atoms with Crippen LogP contribution in [0.15, 0.2) is 47.7 Å². The second kappa shape index (κ2) is 7.63. The molecule has 150 valence electrons. The van der Waals surface area contributed by atoms with E-state index in [1.54, 1.807) is 6.20 Å². The van der Waals surface area contributed by atoms with Crippen molar-refractivity contribution in [1.29, 1.82) is 0 Å². The summed E-state index contributed by atoms with van der Waals surface area (Å²) in [6.45, 7) is 2.07. The van der Waals surface area contributed by atoms with E-state index in [1.165, 1.54) is 17.5 Å². The largest absolute Gasteiger partial charge is 0.369 e. The highest BCUT2D eigenvalue weighted by molar-refractivity contribution is 6.33. The van der Waals surface area contributed by atoms with Crippen LogP contribution >= 0.6 is 11.6 Å². The van der Waals surface area contributed by atoms with Gasteiger partial charge < -0.3 is 9.47 Å². The van der Waals surface area contributed by atoms with E-state index in [0.717, 1.165) is 43.0 Å². The van der Waals surface area contributed by atoms with E-state index in [-0.39, 0.29) is 10.6 Å². The molecule has 0 radical (unpaired) electrons. The fourth-order valence-corrected chi connectivity index (χ4v) is 4.37. The summed E-state index contributed by atoms with van der Waals surface area (Å²) in [5, 5.41) is 13.1. The van der Waals surface area contributed by atoms with E-state index in [0.29, 0.717) is 18.5 Å². The van der Waals surface area contributed by atoms with Gasteiger partial charge in [-0.2, -0.15) is 5.10 Å². The first-order valence-electron chi connectivity index (χ1n) is 10.1. The van der Waals surface area contributed by atoms with Crippen molar-refractivity contribution in [3.63, 3.8) is 0 Å². The Morgan fingerprint density at radius 2 is 1.83 bits per heavy atom. The Bertz CT molecular complexity index is 1050. The Morgan fingerprint density at radius 1 is 1.07 bits per heavy atom. The second-order valence-corrected chi connectivity index (χ2v) is 8.26. The van der Waals surface area contributed by atoms with Gasteiger partial charge in [0, 0.05) is 25.0 Å². The monoisotopic (exact) mass is 410 g/mol. The minimum atomic E-state index is -0.247. The summed E-state index contributed by atoms with van der Waals surface area (Å²) in [4.78, 5) is 14.9. The predicted molar refractivity (Wildman–Crippen MR) is 112 cm³/mol. The molecular weight excluding hydrogens is 388 g/mol. The summed E-state index contributed by atoms with van der Waals surface area (Å²) in [5.74, 6) is 1.51. The van der Waals surface area contributed by atoms with Gasteiger partial charge in [-0.3, -0.25) is 4.79 Å². The lowest BCUT2D eigenvalue weighted by Gasteiger charge is -2.33. The van der Waals surface area contributed by atoms with Crippen LogP contribution in [0.5, 0.6) is 0 Å².